The van der Waals surface area contributed by atoms with Gasteiger partial charge < -0.3 is 19.9 Å². The van der Waals surface area contributed by atoms with Crippen LogP contribution in [0.1, 0.15) is 0 Å². The van der Waals surface area contributed by atoms with E-state index in [2.05, 4.69) is 10.2 Å². The third kappa shape index (κ3) is 5.26. The van der Waals surface area contributed by atoms with Crippen LogP contribution in [0.4, 0.5) is 16.2 Å². The number of urea groups is 1. The van der Waals surface area contributed by atoms with Crippen LogP contribution in [0.3, 0.4) is 0 Å². The Labute approximate surface area is 167 Å². The van der Waals surface area contributed by atoms with Gasteiger partial charge in [-0.05, 0) is 30.3 Å². The van der Waals surface area contributed by atoms with Crippen LogP contribution in [-0.2, 0) is 0 Å². The van der Waals surface area contributed by atoms with Crippen LogP contribution in [0, 0.1) is 10.1 Å². The van der Waals surface area contributed by atoms with Crippen molar-refractivity contribution in [3.63, 3.8) is 0 Å². The summed E-state index contributed by atoms with van der Waals surface area (Å²) in [4.78, 5) is 26.5. The Morgan fingerprint density at radius 3 is 2.50 bits per heavy atom. The molecule has 0 aromatic heterocycles. The molecule has 9 heteroatoms. The van der Waals surface area contributed by atoms with Crippen LogP contribution in [0.5, 0.6) is 5.75 Å². The van der Waals surface area contributed by atoms with E-state index in [1.807, 2.05) is 6.07 Å². The molecule has 1 N–H and O–H groups in total. The van der Waals surface area contributed by atoms with E-state index >= 15 is 0 Å². The largest absolute Gasteiger partial charge is 0.492 e. The average Bonchev–Trinajstić information content (AvgIpc) is 2.71. The quantitative estimate of drug-likeness (QED) is 0.454. The van der Waals surface area contributed by atoms with Crippen molar-refractivity contribution in [3.8, 4) is 5.75 Å². The van der Waals surface area contributed by atoms with Crippen molar-refractivity contribution >= 4 is 29.0 Å². The second-order valence-electron chi connectivity index (χ2n) is 6.29. The number of rotatable bonds is 6. The molecule has 3 rings (SSSR count). The van der Waals surface area contributed by atoms with E-state index < -0.39 is 4.92 Å². The number of nitro groups is 1. The zero-order valence-electron chi connectivity index (χ0n) is 15.2. The molecule has 1 saturated heterocycles. The molecule has 0 saturated carbocycles. The lowest BCUT2D eigenvalue weighted by Crippen LogP contribution is -2.52. The maximum atomic E-state index is 12.3. The summed E-state index contributed by atoms with van der Waals surface area (Å²) >= 11 is 5.90. The molecule has 0 radical (unpaired) electrons. The number of hydrogen-bond donors (Lipinski definition) is 1. The molecule has 1 heterocycles. The standard InChI is InChI=1S/C19H21ClN4O4/c20-15-2-1-3-18(14-15)28-13-8-21-19(25)23-11-9-22(10-12-23)16-4-6-17(7-5-16)24(26)27/h1-7,14H,8-13H2,(H,21,25). The molecule has 0 atom stereocenters. The molecule has 1 aliphatic rings. The smallest absolute Gasteiger partial charge is 0.317 e. The number of piperazine rings is 1. The molecule has 1 fully saturated rings. The molecule has 28 heavy (non-hydrogen) atoms. The number of halogens is 1. The van der Waals surface area contributed by atoms with Gasteiger partial charge in [-0.3, -0.25) is 10.1 Å². The van der Waals surface area contributed by atoms with Gasteiger partial charge in [-0.2, -0.15) is 0 Å². The van der Waals surface area contributed by atoms with Crippen LogP contribution in [0.2, 0.25) is 5.02 Å². The molecule has 0 aliphatic carbocycles. The number of carbonyl (C=O) groups is 1. The van der Waals surface area contributed by atoms with Gasteiger partial charge in [-0.15, -0.1) is 0 Å². The number of non-ortho nitro benzene ring substituents is 1. The minimum absolute atomic E-state index is 0.0711. The Morgan fingerprint density at radius 2 is 1.86 bits per heavy atom. The van der Waals surface area contributed by atoms with Gasteiger partial charge in [0.25, 0.3) is 5.69 Å². The predicted octanol–water partition coefficient (Wildman–Crippen LogP) is 3.16. The molecule has 0 unspecified atom stereocenters. The van der Waals surface area contributed by atoms with Crippen LogP contribution >= 0.6 is 11.6 Å². The summed E-state index contributed by atoms with van der Waals surface area (Å²) in [6.07, 6.45) is 0. The summed E-state index contributed by atoms with van der Waals surface area (Å²) in [6, 6.07) is 13.4. The maximum Gasteiger partial charge on any atom is 0.317 e. The normalized spacial score (nSPS) is 13.9. The lowest BCUT2D eigenvalue weighted by atomic mass is 10.2. The summed E-state index contributed by atoms with van der Waals surface area (Å²) in [5, 5.41) is 14.2. The number of ether oxygens (including phenoxy) is 1. The second kappa shape index (κ2) is 9.27. The monoisotopic (exact) mass is 404 g/mol. The molecule has 1 aliphatic heterocycles. The average molecular weight is 405 g/mol. The van der Waals surface area contributed by atoms with Gasteiger partial charge in [-0.25, -0.2) is 4.79 Å². The zero-order chi connectivity index (χ0) is 19.9. The lowest BCUT2D eigenvalue weighted by molar-refractivity contribution is -0.384. The van der Waals surface area contributed by atoms with E-state index in [1.54, 1.807) is 35.2 Å². The lowest BCUT2D eigenvalue weighted by Gasteiger charge is -2.36. The van der Waals surface area contributed by atoms with E-state index in [0.717, 1.165) is 5.69 Å². The van der Waals surface area contributed by atoms with Gasteiger partial charge in [0.15, 0.2) is 0 Å². The highest BCUT2D eigenvalue weighted by molar-refractivity contribution is 6.30. The van der Waals surface area contributed by atoms with Crippen molar-refractivity contribution in [3.05, 3.63) is 63.7 Å². The van der Waals surface area contributed by atoms with Crippen molar-refractivity contribution in [1.29, 1.82) is 0 Å². The number of amides is 2. The molecule has 2 amide bonds. The van der Waals surface area contributed by atoms with E-state index in [0.29, 0.717) is 50.1 Å². The first-order valence-corrected chi connectivity index (χ1v) is 9.31. The van der Waals surface area contributed by atoms with E-state index in [9.17, 15) is 14.9 Å². The van der Waals surface area contributed by atoms with Gasteiger partial charge in [0.05, 0.1) is 11.5 Å². The molecular weight excluding hydrogens is 384 g/mol. The zero-order valence-corrected chi connectivity index (χ0v) is 16.0. The molecule has 148 valence electrons. The Hall–Kier alpha value is -3.00. The Balaban J connectivity index is 1.39. The summed E-state index contributed by atoms with van der Waals surface area (Å²) in [6.45, 7) is 3.26. The minimum Gasteiger partial charge on any atom is -0.492 e. The maximum absolute atomic E-state index is 12.3. The molecule has 8 nitrogen and oxygen atoms in total. The highest BCUT2D eigenvalue weighted by Crippen LogP contribution is 2.20. The summed E-state index contributed by atoms with van der Waals surface area (Å²) < 4.78 is 5.55. The first-order valence-electron chi connectivity index (χ1n) is 8.93. The van der Waals surface area contributed by atoms with Crippen LogP contribution < -0.4 is 15.0 Å². The third-order valence-electron chi connectivity index (χ3n) is 4.44. The van der Waals surface area contributed by atoms with E-state index in [1.165, 1.54) is 12.1 Å². The van der Waals surface area contributed by atoms with Crippen molar-refractivity contribution in [1.82, 2.24) is 10.2 Å². The number of benzene rings is 2. The van der Waals surface area contributed by atoms with Gasteiger partial charge in [0.1, 0.15) is 12.4 Å². The van der Waals surface area contributed by atoms with Crippen molar-refractivity contribution in [2.75, 3.05) is 44.2 Å². The number of carbonyl (C=O) groups excluding carboxylic acids is 1. The summed E-state index contributed by atoms with van der Waals surface area (Å²) in [7, 11) is 0. The van der Waals surface area contributed by atoms with Gasteiger partial charge in [0, 0.05) is 49.0 Å². The molecular formula is C19H21ClN4O4. The van der Waals surface area contributed by atoms with E-state index in [4.69, 9.17) is 16.3 Å². The highest BCUT2D eigenvalue weighted by Gasteiger charge is 2.21. The Kier molecular flexibility index (Phi) is 6.54. The molecule has 2 aromatic carbocycles. The van der Waals surface area contributed by atoms with Crippen LogP contribution in [-0.4, -0.2) is 55.2 Å². The van der Waals surface area contributed by atoms with Gasteiger partial charge in [0.2, 0.25) is 0 Å². The minimum atomic E-state index is -0.415. The Bertz CT molecular complexity index is 823. The topological polar surface area (TPSA) is 88.0 Å². The fourth-order valence-corrected chi connectivity index (χ4v) is 3.13. The highest BCUT2D eigenvalue weighted by atomic mass is 35.5. The summed E-state index contributed by atoms with van der Waals surface area (Å²) in [5.74, 6) is 0.665. The van der Waals surface area contributed by atoms with E-state index in [-0.39, 0.29) is 11.7 Å². The van der Waals surface area contributed by atoms with Gasteiger partial charge in [-0.1, -0.05) is 17.7 Å². The third-order valence-corrected chi connectivity index (χ3v) is 4.67. The molecule has 2 aromatic rings. The van der Waals surface area contributed by atoms with Crippen LogP contribution in [0.25, 0.3) is 0 Å². The predicted molar refractivity (Wildman–Crippen MR) is 107 cm³/mol. The number of nitrogens with one attached hydrogen (secondary N) is 1. The summed E-state index contributed by atoms with van der Waals surface area (Å²) in [5.41, 5.74) is 0.988. The second-order valence-corrected chi connectivity index (χ2v) is 6.72. The fraction of sp³-hybridized carbons (Fsp3) is 0.316. The number of nitrogens with zero attached hydrogens (tertiary/aromatic N) is 3. The first kappa shape index (κ1) is 19.8. The Morgan fingerprint density at radius 1 is 1.14 bits per heavy atom. The van der Waals surface area contributed by atoms with Crippen molar-refractivity contribution in [2.24, 2.45) is 0 Å². The van der Waals surface area contributed by atoms with Crippen molar-refractivity contribution in [2.45, 2.75) is 0 Å². The fourth-order valence-electron chi connectivity index (χ4n) is 2.95. The first-order chi connectivity index (χ1) is 13.5. The van der Waals surface area contributed by atoms with Gasteiger partial charge >= 0.3 is 6.03 Å². The van der Waals surface area contributed by atoms with Crippen molar-refractivity contribution < 1.29 is 14.5 Å². The number of nitro benzene ring substituents is 1. The number of hydrogen-bond acceptors (Lipinski definition) is 5. The van der Waals surface area contributed by atoms with Crippen LogP contribution in [0.15, 0.2) is 48.5 Å². The molecule has 0 bridgehead atoms. The molecule has 0 spiro atoms. The SMILES string of the molecule is O=C(NCCOc1cccc(Cl)c1)N1CCN(c2ccc([N+](=O)[O-])cc2)CC1. The number of anilines is 1.